The molecule has 1 saturated heterocycles. The Labute approximate surface area is 118 Å². The number of anilines is 1. The molecule has 0 bridgehead atoms. The van der Waals surface area contributed by atoms with Gasteiger partial charge < -0.3 is 14.5 Å². The van der Waals surface area contributed by atoms with Gasteiger partial charge in [-0.15, -0.1) is 0 Å². The molecule has 20 heavy (non-hydrogen) atoms. The van der Waals surface area contributed by atoms with Crippen LogP contribution in [0.1, 0.15) is 24.6 Å². The van der Waals surface area contributed by atoms with Crippen molar-refractivity contribution in [2.24, 2.45) is 0 Å². The van der Waals surface area contributed by atoms with E-state index in [4.69, 9.17) is 4.74 Å². The molecule has 2 aliphatic rings. The standard InChI is InChI=1S/C14H20N4O2/c1-17(2)14(19)11-9-18(7-8-20-11)12-5-6-15-13(16-12)10-3-4-10/h5-6,10-11H,3-4,7-9H2,1-2H3. The fourth-order valence-electron chi connectivity index (χ4n) is 2.37. The lowest BCUT2D eigenvalue weighted by atomic mass is 10.2. The third kappa shape index (κ3) is 2.75. The first-order valence-corrected chi connectivity index (χ1v) is 7.06. The molecule has 2 heterocycles. The minimum absolute atomic E-state index is 0.00572. The Bertz CT molecular complexity index is 502. The molecule has 1 amide bonds. The smallest absolute Gasteiger partial charge is 0.253 e. The summed E-state index contributed by atoms with van der Waals surface area (Å²) < 4.78 is 5.57. The Morgan fingerprint density at radius 3 is 2.95 bits per heavy atom. The van der Waals surface area contributed by atoms with Crippen LogP contribution in [0, 0.1) is 0 Å². The number of nitrogens with zero attached hydrogens (tertiary/aromatic N) is 4. The Balaban J connectivity index is 1.73. The zero-order valence-electron chi connectivity index (χ0n) is 12.0. The van der Waals surface area contributed by atoms with Crippen LogP contribution in [-0.2, 0) is 9.53 Å². The van der Waals surface area contributed by atoms with Crippen molar-refractivity contribution in [2.45, 2.75) is 24.9 Å². The number of carbonyl (C=O) groups is 1. The predicted octanol–water partition coefficient (Wildman–Crippen LogP) is 0.647. The van der Waals surface area contributed by atoms with E-state index >= 15 is 0 Å². The normalized spacial score (nSPS) is 22.7. The van der Waals surface area contributed by atoms with E-state index in [9.17, 15) is 4.79 Å². The summed E-state index contributed by atoms with van der Waals surface area (Å²) in [5, 5.41) is 0. The quantitative estimate of drug-likeness (QED) is 0.811. The van der Waals surface area contributed by atoms with E-state index in [0.29, 0.717) is 19.1 Å². The van der Waals surface area contributed by atoms with Gasteiger partial charge in [0.1, 0.15) is 11.6 Å². The first-order chi connectivity index (χ1) is 9.65. The molecule has 1 atom stereocenters. The molecular weight excluding hydrogens is 256 g/mol. The summed E-state index contributed by atoms with van der Waals surface area (Å²) in [6, 6.07) is 1.91. The van der Waals surface area contributed by atoms with Gasteiger partial charge in [-0.2, -0.15) is 0 Å². The summed E-state index contributed by atoms with van der Waals surface area (Å²) in [4.78, 5) is 24.7. The number of amides is 1. The molecule has 6 nitrogen and oxygen atoms in total. The van der Waals surface area contributed by atoms with E-state index in [2.05, 4.69) is 14.9 Å². The molecule has 2 fully saturated rings. The second-order valence-corrected chi connectivity index (χ2v) is 5.59. The summed E-state index contributed by atoms with van der Waals surface area (Å²) >= 11 is 0. The summed E-state index contributed by atoms with van der Waals surface area (Å²) in [5.74, 6) is 2.38. The topological polar surface area (TPSA) is 58.6 Å². The highest BCUT2D eigenvalue weighted by Gasteiger charge is 2.30. The molecule has 1 aliphatic heterocycles. The molecule has 6 heteroatoms. The van der Waals surface area contributed by atoms with E-state index < -0.39 is 6.10 Å². The van der Waals surface area contributed by atoms with Crippen LogP contribution in [0.4, 0.5) is 5.82 Å². The van der Waals surface area contributed by atoms with E-state index in [1.807, 2.05) is 12.3 Å². The first-order valence-electron chi connectivity index (χ1n) is 7.06. The van der Waals surface area contributed by atoms with Crippen molar-refractivity contribution in [1.82, 2.24) is 14.9 Å². The van der Waals surface area contributed by atoms with Crippen LogP contribution >= 0.6 is 0 Å². The van der Waals surface area contributed by atoms with Crippen molar-refractivity contribution in [3.63, 3.8) is 0 Å². The summed E-state index contributed by atoms with van der Waals surface area (Å²) in [5.41, 5.74) is 0. The molecule has 0 N–H and O–H groups in total. The van der Waals surface area contributed by atoms with Gasteiger partial charge in [-0.05, 0) is 18.9 Å². The van der Waals surface area contributed by atoms with Crippen LogP contribution in [0.15, 0.2) is 12.3 Å². The second kappa shape index (κ2) is 5.36. The molecule has 0 spiro atoms. The van der Waals surface area contributed by atoms with Gasteiger partial charge in [0.05, 0.1) is 13.2 Å². The van der Waals surface area contributed by atoms with Gasteiger partial charge in [-0.3, -0.25) is 4.79 Å². The number of likely N-dealkylation sites (N-methyl/N-ethyl adjacent to an activating group) is 1. The average molecular weight is 276 g/mol. The summed E-state index contributed by atoms with van der Waals surface area (Å²) in [6.07, 6.45) is 3.79. The lowest BCUT2D eigenvalue weighted by Crippen LogP contribution is -2.49. The fourth-order valence-corrected chi connectivity index (χ4v) is 2.37. The monoisotopic (exact) mass is 276 g/mol. The fraction of sp³-hybridized carbons (Fsp3) is 0.643. The van der Waals surface area contributed by atoms with Crippen LogP contribution in [0.2, 0.25) is 0 Å². The number of hydrogen-bond donors (Lipinski definition) is 0. The number of rotatable bonds is 3. The van der Waals surface area contributed by atoms with E-state index in [0.717, 1.165) is 18.2 Å². The number of morpholine rings is 1. The zero-order valence-corrected chi connectivity index (χ0v) is 12.0. The second-order valence-electron chi connectivity index (χ2n) is 5.59. The predicted molar refractivity (Wildman–Crippen MR) is 74.7 cm³/mol. The SMILES string of the molecule is CN(C)C(=O)C1CN(c2ccnc(C3CC3)n2)CCO1. The minimum Gasteiger partial charge on any atom is -0.365 e. The van der Waals surface area contributed by atoms with Gasteiger partial charge in [0.25, 0.3) is 5.91 Å². The van der Waals surface area contributed by atoms with E-state index in [1.54, 1.807) is 19.0 Å². The maximum absolute atomic E-state index is 12.0. The number of ether oxygens (including phenoxy) is 1. The highest BCUT2D eigenvalue weighted by Crippen LogP contribution is 2.38. The van der Waals surface area contributed by atoms with Gasteiger partial charge in [-0.1, -0.05) is 0 Å². The molecule has 1 aliphatic carbocycles. The highest BCUT2D eigenvalue weighted by molar-refractivity contribution is 5.81. The zero-order chi connectivity index (χ0) is 14.1. The minimum atomic E-state index is -0.405. The molecule has 108 valence electrons. The highest BCUT2D eigenvalue weighted by atomic mass is 16.5. The third-order valence-electron chi connectivity index (χ3n) is 3.71. The Hall–Kier alpha value is -1.69. The lowest BCUT2D eigenvalue weighted by molar-refractivity contribution is -0.141. The van der Waals surface area contributed by atoms with E-state index in [1.165, 1.54) is 12.8 Å². The molecule has 1 aromatic rings. The third-order valence-corrected chi connectivity index (χ3v) is 3.71. The molecule has 1 saturated carbocycles. The van der Waals surface area contributed by atoms with Gasteiger partial charge in [0, 0.05) is 32.8 Å². The summed E-state index contributed by atoms with van der Waals surface area (Å²) in [7, 11) is 3.50. The van der Waals surface area contributed by atoms with Gasteiger partial charge in [0.15, 0.2) is 6.10 Å². The maximum atomic E-state index is 12.0. The van der Waals surface area contributed by atoms with Crippen molar-refractivity contribution in [3.8, 4) is 0 Å². The van der Waals surface area contributed by atoms with E-state index in [-0.39, 0.29) is 5.91 Å². The van der Waals surface area contributed by atoms with Crippen molar-refractivity contribution < 1.29 is 9.53 Å². The van der Waals surface area contributed by atoms with Gasteiger partial charge in [-0.25, -0.2) is 9.97 Å². The van der Waals surface area contributed by atoms with Crippen LogP contribution < -0.4 is 4.90 Å². The molecule has 1 unspecified atom stereocenters. The first kappa shape index (κ1) is 13.3. The van der Waals surface area contributed by atoms with Gasteiger partial charge >= 0.3 is 0 Å². The van der Waals surface area contributed by atoms with Crippen molar-refractivity contribution >= 4 is 11.7 Å². The molecule has 1 aromatic heterocycles. The maximum Gasteiger partial charge on any atom is 0.253 e. The number of hydrogen-bond acceptors (Lipinski definition) is 5. The van der Waals surface area contributed by atoms with Crippen molar-refractivity contribution in [2.75, 3.05) is 38.7 Å². The lowest BCUT2D eigenvalue weighted by Gasteiger charge is -2.34. The van der Waals surface area contributed by atoms with Crippen LogP contribution in [0.3, 0.4) is 0 Å². The Kier molecular flexibility index (Phi) is 3.56. The number of aromatic nitrogens is 2. The van der Waals surface area contributed by atoms with Crippen LogP contribution in [0.5, 0.6) is 0 Å². The van der Waals surface area contributed by atoms with Crippen LogP contribution in [-0.4, -0.2) is 60.7 Å². The molecule has 3 rings (SSSR count). The van der Waals surface area contributed by atoms with Crippen LogP contribution in [0.25, 0.3) is 0 Å². The molecular formula is C14H20N4O2. The summed E-state index contributed by atoms with van der Waals surface area (Å²) in [6.45, 7) is 1.86. The number of carbonyl (C=O) groups excluding carboxylic acids is 1. The Morgan fingerprint density at radius 2 is 2.25 bits per heavy atom. The molecule has 0 radical (unpaired) electrons. The van der Waals surface area contributed by atoms with Gasteiger partial charge in [0.2, 0.25) is 0 Å². The van der Waals surface area contributed by atoms with Crippen molar-refractivity contribution in [3.05, 3.63) is 18.1 Å². The Morgan fingerprint density at radius 1 is 1.45 bits per heavy atom. The van der Waals surface area contributed by atoms with Crippen molar-refractivity contribution in [1.29, 1.82) is 0 Å². The average Bonchev–Trinajstić information content (AvgIpc) is 3.31. The largest absolute Gasteiger partial charge is 0.365 e. The molecule has 0 aromatic carbocycles.